The number of benzene rings is 1. The molecule has 0 radical (unpaired) electrons. The molecule has 4 fully saturated rings. The zero-order chi connectivity index (χ0) is 20.0. The number of nitrogens with one attached hydrogen (secondary N) is 1. The van der Waals surface area contributed by atoms with Crippen molar-refractivity contribution in [3.8, 4) is 0 Å². The van der Waals surface area contributed by atoms with E-state index >= 15 is 0 Å². The number of carbonyl (C=O) groups excluding carboxylic acids is 1. The van der Waals surface area contributed by atoms with Crippen LogP contribution in [0.4, 0.5) is 14.9 Å². The van der Waals surface area contributed by atoms with Gasteiger partial charge in [-0.2, -0.15) is 0 Å². The number of rotatable bonds is 3. The number of pyridine rings is 1. The first-order valence-electron chi connectivity index (χ1n) is 10.6. The minimum absolute atomic E-state index is 0.153. The maximum Gasteiger partial charge on any atom is 0.322 e. The lowest BCUT2D eigenvalue weighted by atomic mass is 9.68. The third-order valence-electron chi connectivity index (χ3n) is 6.90. The Morgan fingerprint density at radius 3 is 2.41 bits per heavy atom. The quantitative estimate of drug-likeness (QED) is 0.852. The number of urea groups is 1. The molecule has 2 unspecified atom stereocenters. The molecule has 3 heterocycles. The Bertz CT molecular complexity index is 957. The lowest BCUT2D eigenvalue weighted by Crippen LogP contribution is -2.45. The van der Waals surface area contributed by atoms with E-state index in [1.807, 2.05) is 4.90 Å². The van der Waals surface area contributed by atoms with Crippen molar-refractivity contribution in [3.05, 3.63) is 64.3 Å². The van der Waals surface area contributed by atoms with E-state index in [0.717, 1.165) is 36.8 Å². The van der Waals surface area contributed by atoms with Gasteiger partial charge < -0.3 is 14.8 Å². The lowest BCUT2D eigenvalue weighted by Gasteiger charge is -2.38. The molecular weight excluding hydrogens is 369 g/mol. The summed E-state index contributed by atoms with van der Waals surface area (Å²) in [5.74, 6) is 1.82. The molecule has 152 valence electrons. The third-order valence-corrected chi connectivity index (χ3v) is 6.90. The van der Waals surface area contributed by atoms with Gasteiger partial charge in [-0.25, -0.2) is 9.18 Å². The summed E-state index contributed by atoms with van der Waals surface area (Å²) in [5.41, 5.74) is 0.881. The van der Waals surface area contributed by atoms with Crippen LogP contribution in [-0.4, -0.2) is 28.1 Å². The van der Waals surface area contributed by atoms with Crippen molar-refractivity contribution < 1.29 is 9.18 Å². The highest BCUT2D eigenvalue weighted by Gasteiger charge is 2.44. The third kappa shape index (κ3) is 3.68. The summed E-state index contributed by atoms with van der Waals surface area (Å²) in [6.45, 7) is 1.14. The van der Waals surface area contributed by atoms with Crippen molar-refractivity contribution in [1.29, 1.82) is 0 Å². The first-order chi connectivity index (χ1) is 14.0. The lowest BCUT2D eigenvalue weighted by molar-refractivity contribution is 0.136. The highest BCUT2D eigenvalue weighted by molar-refractivity contribution is 5.89. The highest BCUT2D eigenvalue weighted by Crippen LogP contribution is 2.47. The number of halogens is 1. The number of fused-ring (bicyclic) bond motifs is 1. The van der Waals surface area contributed by atoms with Crippen molar-refractivity contribution in [2.24, 2.45) is 17.8 Å². The number of hydrogen-bond donors (Lipinski definition) is 1. The first kappa shape index (κ1) is 18.4. The molecule has 2 saturated heterocycles. The molecule has 0 spiro atoms. The van der Waals surface area contributed by atoms with Crippen LogP contribution < -0.4 is 10.9 Å². The molecule has 4 bridgehead atoms. The van der Waals surface area contributed by atoms with Crippen LogP contribution in [0.15, 0.2) is 47.4 Å². The first-order valence-corrected chi connectivity index (χ1v) is 10.6. The number of anilines is 1. The molecule has 2 aromatic rings. The van der Waals surface area contributed by atoms with Crippen LogP contribution in [0.3, 0.4) is 0 Å². The molecule has 2 aliphatic carbocycles. The summed E-state index contributed by atoms with van der Waals surface area (Å²) in [7, 11) is 0. The summed E-state index contributed by atoms with van der Waals surface area (Å²) < 4.78 is 14.7. The second-order valence-corrected chi connectivity index (χ2v) is 8.99. The van der Waals surface area contributed by atoms with Gasteiger partial charge in [-0.1, -0.05) is 12.1 Å². The second-order valence-electron chi connectivity index (χ2n) is 8.99. The minimum atomic E-state index is -0.303. The molecule has 1 aromatic carbocycles. The highest BCUT2D eigenvalue weighted by atomic mass is 19.1. The van der Waals surface area contributed by atoms with Crippen LogP contribution >= 0.6 is 0 Å². The van der Waals surface area contributed by atoms with E-state index in [1.165, 1.54) is 31.4 Å². The summed E-state index contributed by atoms with van der Waals surface area (Å²) in [6, 6.07) is 9.66. The monoisotopic (exact) mass is 395 g/mol. The van der Waals surface area contributed by atoms with E-state index < -0.39 is 0 Å². The van der Waals surface area contributed by atoms with E-state index in [0.29, 0.717) is 24.2 Å². The predicted octanol–water partition coefficient (Wildman–Crippen LogP) is 4.08. The van der Waals surface area contributed by atoms with Crippen LogP contribution in [0.2, 0.25) is 0 Å². The molecule has 2 saturated carbocycles. The molecule has 29 heavy (non-hydrogen) atoms. The van der Waals surface area contributed by atoms with E-state index in [9.17, 15) is 14.0 Å². The zero-order valence-corrected chi connectivity index (χ0v) is 16.4. The summed E-state index contributed by atoms with van der Waals surface area (Å²) in [4.78, 5) is 27.9. The SMILES string of the molecule is O=C(Nc1cccn(Cc2ccc(F)cc2)c1=O)N1CC2CC3CC(C2)CC1C3. The van der Waals surface area contributed by atoms with E-state index in [4.69, 9.17) is 0 Å². The number of amides is 2. The normalized spacial score (nSPS) is 27.7. The minimum Gasteiger partial charge on any atom is -0.321 e. The summed E-state index contributed by atoms with van der Waals surface area (Å²) in [6.07, 6.45) is 7.70. The maximum absolute atomic E-state index is 13.1. The standard InChI is InChI=1S/C23H26FN3O2/c24-19-5-3-15(4-6-19)13-26-7-1-2-21(22(26)28)25-23(29)27-14-18-9-16-8-17(10-18)12-20(27)11-16/h1-7,16-18,20H,8-14H2,(H,25,29). The molecule has 6 rings (SSSR count). The van der Waals surface area contributed by atoms with Gasteiger partial charge in [0.1, 0.15) is 11.5 Å². The number of nitrogens with zero attached hydrogens (tertiary/aromatic N) is 2. The van der Waals surface area contributed by atoms with Crippen LogP contribution in [0.1, 0.15) is 37.7 Å². The molecule has 4 aliphatic rings. The Kier molecular flexibility index (Phi) is 4.64. The van der Waals surface area contributed by atoms with Crippen molar-refractivity contribution in [2.45, 2.75) is 44.7 Å². The molecule has 5 nitrogen and oxygen atoms in total. The molecule has 2 aliphatic heterocycles. The fourth-order valence-corrected chi connectivity index (χ4v) is 5.76. The van der Waals surface area contributed by atoms with Gasteiger partial charge in [-0.05, 0) is 79.7 Å². The van der Waals surface area contributed by atoms with Crippen molar-refractivity contribution in [1.82, 2.24) is 9.47 Å². The Balaban J connectivity index is 1.33. The zero-order valence-electron chi connectivity index (χ0n) is 16.4. The van der Waals surface area contributed by atoms with Crippen LogP contribution in [-0.2, 0) is 6.54 Å². The molecule has 6 heteroatoms. The van der Waals surface area contributed by atoms with Gasteiger partial charge in [0.15, 0.2) is 0 Å². The Morgan fingerprint density at radius 2 is 1.69 bits per heavy atom. The molecular formula is C23H26FN3O2. The van der Waals surface area contributed by atoms with Crippen molar-refractivity contribution >= 4 is 11.7 Å². The van der Waals surface area contributed by atoms with Crippen LogP contribution in [0, 0.1) is 23.6 Å². The molecule has 2 atom stereocenters. The predicted molar refractivity (Wildman–Crippen MR) is 109 cm³/mol. The van der Waals surface area contributed by atoms with Gasteiger partial charge in [0.2, 0.25) is 0 Å². The average molecular weight is 395 g/mol. The van der Waals surface area contributed by atoms with Gasteiger partial charge >= 0.3 is 6.03 Å². The maximum atomic E-state index is 13.1. The fourth-order valence-electron chi connectivity index (χ4n) is 5.76. The smallest absolute Gasteiger partial charge is 0.321 e. The Hall–Kier alpha value is -2.63. The molecule has 2 amide bonds. The summed E-state index contributed by atoms with van der Waals surface area (Å²) in [5, 5.41) is 2.88. The summed E-state index contributed by atoms with van der Waals surface area (Å²) >= 11 is 0. The van der Waals surface area contributed by atoms with E-state index in [1.54, 1.807) is 35.0 Å². The Morgan fingerprint density at radius 1 is 1.00 bits per heavy atom. The van der Waals surface area contributed by atoms with Gasteiger partial charge in [0.25, 0.3) is 5.56 Å². The topological polar surface area (TPSA) is 54.3 Å². The number of aromatic nitrogens is 1. The van der Waals surface area contributed by atoms with Gasteiger partial charge in [-0.3, -0.25) is 4.79 Å². The van der Waals surface area contributed by atoms with Gasteiger partial charge in [0, 0.05) is 18.8 Å². The van der Waals surface area contributed by atoms with Crippen LogP contribution in [0.25, 0.3) is 0 Å². The Labute approximate surface area is 169 Å². The number of hydrogen-bond acceptors (Lipinski definition) is 2. The second kappa shape index (κ2) is 7.32. The molecule has 1 aromatic heterocycles. The van der Waals surface area contributed by atoms with Crippen molar-refractivity contribution in [2.75, 3.05) is 11.9 Å². The molecule has 1 N–H and O–H groups in total. The van der Waals surface area contributed by atoms with Crippen molar-refractivity contribution in [3.63, 3.8) is 0 Å². The van der Waals surface area contributed by atoms with Crippen LogP contribution in [0.5, 0.6) is 0 Å². The van der Waals surface area contributed by atoms with E-state index in [-0.39, 0.29) is 17.4 Å². The largest absolute Gasteiger partial charge is 0.322 e. The average Bonchev–Trinajstić information content (AvgIpc) is 2.90. The fraction of sp³-hybridized carbons (Fsp3) is 0.478. The van der Waals surface area contributed by atoms with Gasteiger partial charge in [0.05, 0.1) is 6.54 Å². The van der Waals surface area contributed by atoms with Gasteiger partial charge in [-0.15, -0.1) is 0 Å². The van der Waals surface area contributed by atoms with E-state index in [2.05, 4.69) is 5.32 Å². The number of carbonyl (C=O) groups is 1.